The van der Waals surface area contributed by atoms with Crippen molar-refractivity contribution in [2.45, 2.75) is 25.3 Å². The first-order valence-electron chi connectivity index (χ1n) is 7.50. The molecule has 0 heterocycles. The average molecular weight is 335 g/mol. The molecule has 0 unspecified atom stereocenters. The molecule has 2 rings (SSSR count). The number of ether oxygens (including phenoxy) is 2. The summed E-state index contributed by atoms with van der Waals surface area (Å²) in [4.78, 5) is 0.204. The first-order chi connectivity index (χ1) is 11.1. The van der Waals surface area contributed by atoms with E-state index in [1.54, 1.807) is 12.1 Å². The van der Waals surface area contributed by atoms with E-state index < -0.39 is 10.0 Å². The Morgan fingerprint density at radius 2 is 1.57 bits per heavy atom. The van der Waals surface area contributed by atoms with Crippen LogP contribution in [0.25, 0.3) is 0 Å². The molecule has 5 nitrogen and oxygen atoms in total. The zero-order valence-electron chi connectivity index (χ0n) is 13.3. The molecule has 0 atom stereocenters. The van der Waals surface area contributed by atoms with Crippen molar-refractivity contribution in [1.29, 1.82) is 0 Å². The van der Waals surface area contributed by atoms with Gasteiger partial charge < -0.3 is 9.47 Å². The molecular weight excluding hydrogens is 314 g/mol. The molecule has 6 heteroatoms. The third-order valence-corrected chi connectivity index (χ3v) is 4.59. The molecule has 0 fully saturated rings. The molecule has 0 bridgehead atoms. The second kappa shape index (κ2) is 7.99. The van der Waals surface area contributed by atoms with Gasteiger partial charge in [-0.05, 0) is 44.2 Å². The van der Waals surface area contributed by atoms with E-state index in [1.807, 2.05) is 38.1 Å². The van der Waals surface area contributed by atoms with Gasteiger partial charge in [0.2, 0.25) is 10.0 Å². The van der Waals surface area contributed by atoms with E-state index >= 15 is 0 Å². The van der Waals surface area contributed by atoms with Gasteiger partial charge in [-0.25, -0.2) is 13.1 Å². The highest BCUT2D eigenvalue weighted by Gasteiger charge is 2.14. The van der Waals surface area contributed by atoms with Crippen LogP contribution >= 0.6 is 0 Å². The zero-order valence-corrected chi connectivity index (χ0v) is 14.1. The quantitative estimate of drug-likeness (QED) is 0.805. The second-order valence-electron chi connectivity index (χ2n) is 4.77. The number of rotatable bonds is 8. The summed E-state index contributed by atoms with van der Waals surface area (Å²) in [6.07, 6.45) is 0. The van der Waals surface area contributed by atoms with Gasteiger partial charge in [-0.1, -0.05) is 18.2 Å². The molecule has 0 aliphatic rings. The number of benzene rings is 2. The zero-order chi connectivity index (χ0) is 16.7. The van der Waals surface area contributed by atoms with Crippen LogP contribution in [-0.4, -0.2) is 21.6 Å². The summed E-state index contributed by atoms with van der Waals surface area (Å²) in [5, 5.41) is 0. The minimum absolute atomic E-state index is 0.172. The Balaban J connectivity index is 2.09. The number of sulfonamides is 1. The Kier molecular flexibility index (Phi) is 6.01. The highest BCUT2D eigenvalue weighted by Crippen LogP contribution is 2.20. The van der Waals surface area contributed by atoms with E-state index in [1.165, 1.54) is 12.1 Å². The molecule has 0 saturated heterocycles. The van der Waals surface area contributed by atoms with Crippen molar-refractivity contribution in [3.05, 3.63) is 54.1 Å². The highest BCUT2D eigenvalue weighted by molar-refractivity contribution is 7.89. The van der Waals surface area contributed by atoms with Gasteiger partial charge in [0.05, 0.1) is 18.1 Å². The average Bonchev–Trinajstić information content (AvgIpc) is 2.55. The number of para-hydroxylation sites is 1. The monoisotopic (exact) mass is 335 g/mol. The molecular formula is C17H21NO4S. The molecule has 124 valence electrons. The van der Waals surface area contributed by atoms with Gasteiger partial charge in [0.15, 0.2) is 0 Å². The number of nitrogens with one attached hydrogen (secondary N) is 1. The lowest BCUT2D eigenvalue weighted by Gasteiger charge is -2.11. The SMILES string of the molecule is CCOc1ccc(S(=O)(=O)NCc2ccccc2OCC)cc1. The molecule has 2 aromatic carbocycles. The van der Waals surface area contributed by atoms with Crippen LogP contribution in [0.15, 0.2) is 53.4 Å². The third-order valence-electron chi connectivity index (χ3n) is 3.17. The van der Waals surface area contributed by atoms with Crippen LogP contribution in [0.2, 0.25) is 0 Å². The highest BCUT2D eigenvalue weighted by atomic mass is 32.2. The molecule has 0 amide bonds. The van der Waals surface area contributed by atoms with Crippen molar-refractivity contribution in [2.24, 2.45) is 0 Å². The molecule has 0 aliphatic carbocycles. The van der Waals surface area contributed by atoms with E-state index in [2.05, 4.69) is 4.72 Å². The van der Waals surface area contributed by atoms with Gasteiger partial charge in [0.1, 0.15) is 11.5 Å². The van der Waals surface area contributed by atoms with Crippen LogP contribution in [0.3, 0.4) is 0 Å². The fourth-order valence-electron chi connectivity index (χ4n) is 2.08. The topological polar surface area (TPSA) is 64.6 Å². The van der Waals surface area contributed by atoms with E-state index in [-0.39, 0.29) is 11.4 Å². The molecule has 0 saturated carbocycles. The Morgan fingerprint density at radius 1 is 0.913 bits per heavy atom. The predicted molar refractivity (Wildman–Crippen MR) is 89.2 cm³/mol. The first-order valence-corrected chi connectivity index (χ1v) is 8.98. The lowest BCUT2D eigenvalue weighted by molar-refractivity contribution is 0.336. The molecule has 0 aliphatic heterocycles. The number of hydrogen-bond acceptors (Lipinski definition) is 4. The van der Waals surface area contributed by atoms with Crippen molar-refractivity contribution in [3.63, 3.8) is 0 Å². The smallest absolute Gasteiger partial charge is 0.240 e. The molecule has 23 heavy (non-hydrogen) atoms. The van der Waals surface area contributed by atoms with Crippen molar-refractivity contribution < 1.29 is 17.9 Å². The summed E-state index contributed by atoms with van der Waals surface area (Å²) in [7, 11) is -3.58. The maximum atomic E-state index is 12.4. The summed E-state index contributed by atoms with van der Waals surface area (Å²) >= 11 is 0. The van der Waals surface area contributed by atoms with Gasteiger partial charge in [-0.15, -0.1) is 0 Å². The summed E-state index contributed by atoms with van der Waals surface area (Å²) in [6.45, 7) is 5.01. The van der Waals surface area contributed by atoms with E-state index in [0.29, 0.717) is 24.7 Å². The normalized spacial score (nSPS) is 11.2. The second-order valence-corrected chi connectivity index (χ2v) is 6.54. The van der Waals surface area contributed by atoms with Crippen LogP contribution in [0.4, 0.5) is 0 Å². The van der Waals surface area contributed by atoms with Gasteiger partial charge in [0.25, 0.3) is 0 Å². The van der Waals surface area contributed by atoms with Crippen LogP contribution < -0.4 is 14.2 Å². The lowest BCUT2D eigenvalue weighted by Crippen LogP contribution is -2.23. The fourth-order valence-corrected chi connectivity index (χ4v) is 3.09. The van der Waals surface area contributed by atoms with E-state index in [0.717, 1.165) is 5.56 Å². The maximum absolute atomic E-state index is 12.4. The number of hydrogen-bond donors (Lipinski definition) is 1. The maximum Gasteiger partial charge on any atom is 0.240 e. The Hall–Kier alpha value is -2.05. The molecule has 0 spiro atoms. The van der Waals surface area contributed by atoms with Crippen LogP contribution in [-0.2, 0) is 16.6 Å². The minimum atomic E-state index is -3.58. The van der Waals surface area contributed by atoms with Crippen LogP contribution in [0, 0.1) is 0 Å². The van der Waals surface area contributed by atoms with Gasteiger partial charge in [-0.2, -0.15) is 0 Å². The summed E-state index contributed by atoms with van der Waals surface area (Å²) < 4.78 is 38.1. The van der Waals surface area contributed by atoms with Crippen LogP contribution in [0.5, 0.6) is 11.5 Å². The Bertz CT molecular complexity index is 727. The Labute approximate surface area is 137 Å². The molecule has 2 aromatic rings. The molecule has 0 aromatic heterocycles. The predicted octanol–water partition coefficient (Wildman–Crippen LogP) is 2.96. The molecule has 0 radical (unpaired) electrons. The standard InChI is InChI=1S/C17H21NO4S/c1-3-21-15-9-11-16(12-10-15)23(19,20)18-13-14-7-5-6-8-17(14)22-4-2/h5-12,18H,3-4,13H2,1-2H3. The van der Waals surface area contributed by atoms with Gasteiger partial charge in [0, 0.05) is 12.1 Å². The van der Waals surface area contributed by atoms with Crippen molar-refractivity contribution in [3.8, 4) is 11.5 Å². The third kappa shape index (κ3) is 4.71. The summed E-state index contributed by atoms with van der Waals surface area (Å²) in [5.41, 5.74) is 0.795. The first kappa shape index (κ1) is 17.3. The van der Waals surface area contributed by atoms with E-state index in [4.69, 9.17) is 9.47 Å². The lowest BCUT2D eigenvalue weighted by atomic mass is 10.2. The summed E-state index contributed by atoms with van der Waals surface area (Å²) in [6, 6.07) is 13.7. The fraction of sp³-hybridized carbons (Fsp3) is 0.294. The minimum Gasteiger partial charge on any atom is -0.494 e. The van der Waals surface area contributed by atoms with E-state index in [9.17, 15) is 8.42 Å². The van der Waals surface area contributed by atoms with Crippen molar-refractivity contribution in [1.82, 2.24) is 4.72 Å². The largest absolute Gasteiger partial charge is 0.494 e. The van der Waals surface area contributed by atoms with Crippen molar-refractivity contribution >= 4 is 10.0 Å². The van der Waals surface area contributed by atoms with Gasteiger partial charge >= 0.3 is 0 Å². The summed E-state index contributed by atoms with van der Waals surface area (Å²) in [5.74, 6) is 1.33. The van der Waals surface area contributed by atoms with Crippen LogP contribution in [0.1, 0.15) is 19.4 Å². The Morgan fingerprint density at radius 3 is 2.22 bits per heavy atom. The molecule has 1 N–H and O–H groups in total. The van der Waals surface area contributed by atoms with Crippen molar-refractivity contribution in [2.75, 3.05) is 13.2 Å². The van der Waals surface area contributed by atoms with Gasteiger partial charge in [-0.3, -0.25) is 0 Å².